The van der Waals surface area contributed by atoms with Crippen LogP contribution < -0.4 is 5.50 Å². The van der Waals surface area contributed by atoms with Crippen molar-refractivity contribution in [3.63, 3.8) is 0 Å². The highest BCUT2D eigenvalue weighted by Gasteiger charge is 2.30. The maximum Gasteiger partial charge on any atom is 0.403 e. The molecule has 1 aliphatic rings. The minimum atomic E-state index is -3.37. The lowest BCUT2D eigenvalue weighted by Crippen LogP contribution is -2.17. The second-order valence-corrected chi connectivity index (χ2v) is 5.30. The number of hydrogen-bond donors (Lipinski definition) is 1. The van der Waals surface area contributed by atoms with Crippen molar-refractivity contribution < 1.29 is 13.6 Å². The first-order valence-corrected chi connectivity index (χ1v) is 6.53. The summed E-state index contributed by atoms with van der Waals surface area (Å²) in [7, 11) is -3.37. The van der Waals surface area contributed by atoms with E-state index in [-0.39, 0.29) is 6.10 Å². The number of nitrogens with two attached hydrogens (primary N) is 1. The van der Waals surface area contributed by atoms with E-state index >= 15 is 0 Å². The van der Waals surface area contributed by atoms with Gasteiger partial charge in [0.15, 0.2) is 0 Å². The second kappa shape index (κ2) is 4.24. The molecule has 2 N–H and O–H groups in total. The Hall–Kier alpha value is -0.380. The van der Waals surface area contributed by atoms with Gasteiger partial charge in [0.05, 0.1) is 12.7 Å². The van der Waals surface area contributed by atoms with Crippen molar-refractivity contribution in [3.05, 3.63) is 34.9 Å². The molecule has 82 valence electrons. The third-order valence-corrected chi connectivity index (χ3v) is 3.47. The van der Waals surface area contributed by atoms with Gasteiger partial charge in [-0.1, -0.05) is 23.7 Å². The molecule has 0 aliphatic carbocycles. The summed E-state index contributed by atoms with van der Waals surface area (Å²) in [5.74, 6) is 0. The molecule has 2 atom stereocenters. The molecule has 1 fully saturated rings. The predicted molar refractivity (Wildman–Crippen MR) is 57.6 cm³/mol. The SMILES string of the molecule is NP1(=O)OCC[C@@H](c2cccc(Cl)c2)O1. The van der Waals surface area contributed by atoms with Crippen LogP contribution in [0.15, 0.2) is 24.3 Å². The zero-order valence-corrected chi connectivity index (χ0v) is 9.58. The quantitative estimate of drug-likeness (QED) is 0.775. The Bertz CT molecular complexity index is 412. The smallest absolute Gasteiger partial charge is 0.297 e. The van der Waals surface area contributed by atoms with E-state index in [0.29, 0.717) is 18.1 Å². The van der Waals surface area contributed by atoms with Crippen LogP contribution in [0.5, 0.6) is 0 Å². The molecule has 1 aromatic carbocycles. The standard InChI is InChI=1S/C9H11ClNO3P/c10-8-3-1-2-7(6-8)9-4-5-13-15(11,12)14-9/h1-3,6,9H,4-5H2,(H2,11,12)/t9-,15?/m0/s1. The topological polar surface area (TPSA) is 61.6 Å². The van der Waals surface area contributed by atoms with Crippen LogP contribution >= 0.6 is 19.3 Å². The normalized spacial score (nSPS) is 31.5. The van der Waals surface area contributed by atoms with Gasteiger partial charge in [0.1, 0.15) is 0 Å². The molecule has 6 heteroatoms. The molecule has 0 saturated carbocycles. The van der Waals surface area contributed by atoms with Crippen molar-refractivity contribution in [2.75, 3.05) is 6.61 Å². The van der Waals surface area contributed by atoms with E-state index in [9.17, 15) is 4.57 Å². The van der Waals surface area contributed by atoms with E-state index in [1.165, 1.54) is 0 Å². The minimum absolute atomic E-state index is 0.298. The Labute approximate surface area is 92.9 Å². The Kier molecular flexibility index (Phi) is 3.14. The van der Waals surface area contributed by atoms with Crippen LogP contribution in [-0.2, 0) is 13.6 Å². The van der Waals surface area contributed by atoms with Crippen LogP contribution in [0, 0.1) is 0 Å². The van der Waals surface area contributed by atoms with Crippen molar-refractivity contribution in [3.8, 4) is 0 Å². The van der Waals surface area contributed by atoms with Crippen molar-refractivity contribution in [2.24, 2.45) is 5.50 Å². The summed E-state index contributed by atoms with van der Waals surface area (Å²) in [6.07, 6.45) is 0.329. The van der Waals surface area contributed by atoms with Gasteiger partial charge in [-0.3, -0.25) is 9.05 Å². The van der Waals surface area contributed by atoms with Gasteiger partial charge in [-0.25, -0.2) is 10.1 Å². The highest BCUT2D eigenvalue weighted by molar-refractivity contribution is 7.51. The zero-order chi connectivity index (χ0) is 10.9. The summed E-state index contributed by atoms with van der Waals surface area (Å²) in [5, 5.41) is 0.620. The van der Waals surface area contributed by atoms with Crippen LogP contribution in [-0.4, -0.2) is 6.61 Å². The van der Waals surface area contributed by atoms with Crippen molar-refractivity contribution in [1.29, 1.82) is 0 Å². The van der Waals surface area contributed by atoms with E-state index in [1.807, 2.05) is 12.1 Å². The summed E-state index contributed by atoms with van der Waals surface area (Å²) in [6, 6.07) is 7.23. The fourth-order valence-corrected chi connectivity index (χ4v) is 2.68. The average Bonchev–Trinajstić information content (AvgIpc) is 2.16. The third kappa shape index (κ3) is 2.80. The van der Waals surface area contributed by atoms with Crippen LogP contribution in [0.3, 0.4) is 0 Å². The lowest BCUT2D eigenvalue weighted by atomic mass is 10.1. The van der Waals surface area contributed by atoms with Gasteiger partial charge in [0.25, 0.3) is 0 Å². The fraction of sp³-hybridized carbons (Fsp3) is 0.333. The number of hydrogen-bond acceptors (Lipinski definition) is 3. The van der Waals surface area contributed by atoms with Gasteiger partial charge in [-0.2, -0.15) is 0 Å². The van der Waals surface area contributed by atoms with Crippen molar-refractivity contribution in [2.45, 2.75) is 12.5 Å². The molecule has 1 aliphatic heterocycles. The molecule has 1 heterocycles. The Morgan fingerprint density at radius 1 is 1.53 bits per heavy atom. The molecule has 0 radical (unpaired) electrons. The van der Waals surface area contributed by atoms with Crippen LogP contribution in [0.1, 0.15) is 18.1 Å². The first-order chi connectivity index (χ1) is 7.07. The molecule has 1 unspecified atom stereocenters. The largest absolute Gasteiger partial charge is 0.403 e. The van der Waals surface area contributed by atoms with Crippen molar-refractivity contribution >= 4 is 19.3 Å². The molecule has 0 bridgehead atoms. The molecular weight excluding hydrogens is 237 g/mol. The van der Waals surface area contributed by atoms with E-state index in [0.717, 1.165) is 5.56 Å². The third-order valence-electron chi connectivity index (χ3n) is 2.15. The van der Waals surface area contributed by atoms with E-state index in [2.05, 4.69) is 0 Å². The lowest BCUT2D eigenvalue weighted by Gasteiger charge is -2.27. The maximum absolute atomic E-state index is 11.4. The van der Waals surface area contributed by atoms with Gasteiger partial charge in [-0.15, -0.1) is 0 Å². The van der Waals surface area contributed by atoms with Crippen LogP contribution in [0.2, 0.25) is 5.02 Å². The van der Waals surface area contributed by atoms with Gasteiger partial charge >= 0.3 is 7.75 Å². The Morgan fingerprint density at radius 2 is 2.33 bits per heavy atom. The summed E-state index contributed by atoms with van der Waals surface area (Å²) in [4.78, 5) is 0. The molecule has 15 heavy (non-hydrogen) atoms. The van der Waals surface area contributed by atoms with Gasteiger partial charge in [0, 0.05) is 11.4 Å². The molecule has 0 aromatic heterocycles. The summed E-state index contributed by atoms with van der Waals surface area (Å²) in [6.45, 7) is 0.338. The van der Waals surface area contributed by atoms with Gasteiger partial charge in [-0.05, 0) is 17.7 Å². The molecular formula is C9H11ClNO3P. The predicted octanol–water partition coefficient (Wildman–Crippen LogP) is 2.88. The molecule has 0 spiro atoms. The first-order valence-electron chi connectivity index (χ1n) is 4.54. The fourth-order valence-electron chi connectivity index (χ4n) is 1.48. The molecule has 1 saturated heterocycles. The van der Waals surface area contributed by atoms with Crippen molar-refractivity contribution in [1.82, 2.24) is 0 Å². The Balaban J connectivity index is 2.21. The van der Waals surface area contributed by atoms with E-state index < -0.39 is 7.75 Å². The highest BCUT2D eigenvalue weighted by atomic mass is 35.5. The summed E-state index contributed by atoms with van der Waals surface area (Å²) >= 11 is 5.85. The molecule has 0 amide bonds. The summed E-state index contributed by atoms with van der Waals surface area (Å²) < 4.78 is 21.4. The minimum Gasteiger partial charge on any atom is -0.297 e. The monoisotopic (exact) mass is 247 g/mol. The lowest BCUT2D eigenvalue weighted by molar-refractivity contribution is 0.0815. The van der Waals surface area contributed by atoms with Crippen LogP contribution in [0.25, 0.3) is 0 Å². The molecule has 2 rings (SSSR count). The second-order valence-electron chi connectivity index (χ2n) is 3.31. The Morgan fingerprint density at radius 3 is 3.00 bits per heavy atom. The maximum atomic E-state index is 11.4. The zero-order valence-electron chi connectivity index (χ0n) is 7.93. The van der Waals surface area contributed by atoms with Gasteiger partial charge in [0.2, 0.25) is 0 Å². The highest BCUT2D eigenvalue weighted by Crippen LogP contribution is 2.49. The number of benzene rings is 1. The average molecular weight is 248 g/mol. The van der Waals surface area contributed by atoms with Gasteiger partial charge < -0.3 is 0 Å². The first kappa shape index (κ1) is 11.1. The molecule has 4 nitrogen and oxygen atoms in total. The summed E-state index contributed by atoms with van der Waals surface area (Å²) in [5.41, 5.74) is 6.19. The van der Waals surface area contributed by atoms with E-state index in [4.69, 9.17) is 26.2 Å². The number of rotatable bonds is 1. The number of halogens is 1. The molecule has 1 aromatic rings. The van der Waals surface area contributed by atoms with E-state index in [1.54, 1.807) is 12.1 Å². The van der Waals surface area contributed by atoms with Crippen LogP contribution in [0.4, 0.5) is 0 Å².